The molecule has 3 amide bonds. The summed E-state index contributed by atoms with van der Waals surface area (Å²) >= 11 is 0. The number of rotatable bonds is 8. The summed E-state index contributed by atoms with van der Waals surface area (Å²) in [6, 6.07) is -1.33. The Morgan fingerprint density at radius 3 is 2.28 bits per heavy atom. The second-order valence-corrected chi connectivity index (χ2v) is 6.76. The van der Waals surface area contributed by atoms with Gasteiger partial charge in [0.2, 0.25) is 11.8 Å². The lowest BCUT2D eigenvalue weighted by atomic mass is 9.83. The lowest BCUT2D eigenvalue weighted by molar-refractivity contribution is -0.131. The van der Waals surface area contributed by atoms with Crippen molar-refractivity contribution in [3.05, 3.63) is 0 Å². The van der Waals surface area contributed by atoms with E-state index >= 15 is 0 Å². The largest absolute Gasteiger partial charge is 0.358 e. The molecule has 0 heterocycles. The van der Waals surface area contributed by atoms with Crippen molar-refractivity contribution in [2.75, 3.05) is 13.6 Å². The van der Waals surface area contributed by atoms with E-state index in [2.05, 4.69) is 21.3 Å². The van der Waals surface area contributed by atoms with Crippen molar-refractivity contribution >= 4 is 17.7 Å². The molecule has 140 valence electrons. The Hall–Kier alpha value is -2.14. The summed E-state index contributed by atoms with van der Waals surface area (Å²) in [7, 11) is 1.54. The highest BCUT2D eigenvalue weighted by atomic mass is 16.2. The van der Waals surface area contributed by atoms with Gasteiger partial charge in [-0.2, -0.15) is 5.26 Å². The zero-order valence-electron chi connectivity index (χ0n) is 15.2. The van der Waals surface area contributed by atoms with Gasteiger partial charge >= 0.3 is 0 Å². The Bertz CT molecular complexity index is 509. The summed E-state index contributed by atoms with van der Waals surface area (Å²) in [6.07, 6.45) is 6.68. The molecular weight excluding hydrogens is 322 g/mol. The van der Waals surface area contributed by atoms with E-state index in [0.29, 0.717) is 0 Å². The van der Waals surface area contributed by atoms with Crippen molar-refractivity contribution in [3.8, 4) is 6.19 Å². The highest BCUT2D eigenvalue weighted by Gasteiger charge is 2.33. The van der Waals surface area contributed by atoms with Crippen LogP contribution in [-0.2, 0) is 14.4 Å². The van der Waals surface area contributed by atoms with E-state index in [-0.39, 0.29) is 30.2 Å². The van der Waals surface area contributed by atoms with Crippen LogP contribution >= 0.6 is 0 Å². The third-order valence-electron chi connectivity index (χ3n) is 4.59. The first kappa shape index (κ1) is 20.9. The van der Waals surface area contributed by atoms with Crippen molar-refractivity contribution < 1.29 is 14.4 Å². The lowest BCUT2D eigenvalue weighted by Gasteiger charge is -2.31. The topological polar surface area (TPSA) is 123 Å². The van der Waals surface area contributed by atoms with Crippen LogP contribution in [0.4, 0.5) is 0 Å². The van der Waals surface area contributed by atoms with Crippen LogP contribution < -0.4 is 21.3 Å². The summed E-state index contributed by atoms with van der Waals surface area (Å²) < 4.78 is 0. The molecule has 8 nitrogen and oxygen atoms in total. The normalized spacial score (nSPS) is 17.2. The predicted octanol–water partition coefficient (Wildman–Crippen LogP) is 0.00898. The monoisotopic (exact) mass is 351 g/mol. The third-order valence-corrected chi connectivity index (χ3v) is 4.59. The van der Waals surface area contributed by atoms with Gasteiger partial charge in [-0.1, -0.05) is 33.1 Å². The minimum absolute atomic E-state index is 0.0435. The van der Waals surface area contributed by atoms with E-state index in [0.717, 1.165) is 32.1 Å². The maximum Gasteiger partial charge on any atom is 0.255 e. The van der Waals surface area contributed by atoms with E-state index in [4.69, 9.17) is 5.26 Å². The van der Waals surface area contributed by atoms with Crippen molar-refractivity contribution in [1.29, 1.82) is 5.26 Å². The van der Waals surface area contributed by atoms with Crippen molar-refractivity contribution in [3.63, 3.8) is 0 Å². The Morgan fingerprint density at radius 1 is 1.12 bits per heavy atom. The van der Waals surface area contributed by atoms with E-state index in [1.165, 1.54) is 0 Å². The van der Waals surface area contributed by atoms with E-state index in [1.54, 1.807) is 27.1 Å². The second-order valence-electron chi connectivity index (χ2n) is 6.76. The molecule has 0 aromatic carbocycles. The van der Waals surface area contributed by atoms with E-state index < -0.39 is 18.0 Å². The number of hydrogen-bond acceptors (Lipinski definition) is 5. The molecule has 0 radical (unpaired) electrons. The molecule has 1 saturated carbocycles. The Labute approximate surface area is 149 Å². The third kappa shape index (κ3) is 6.70. The average molecular weight is 351 g/mol. The highest BCUT2D eigenvalue weighted by Crippen LogP contribution is 2.26. The van der Waals surface area contributed by atoms with Gasteiger partial charge in [0, 0.05) is 7.05 Å². The van der Waals surface area contributed by atoms with Gasteiger partial charge in [0.15, 0.2) is 6.19 Å². The van der Waals surface area contributed by atoms with Crippen molar-refractivity contribution in [2.45, 2.75) is 58.0 Å². The van der Waals surface area contributed by atoms with E-state index in [1.807, 2.05) is 0 Å². The average Bonchev–Trinajstić information content (AvgIpc) is 2.60. The molecule has 0 aromatic rings. The summed E-state index contributed by atoms with van der Waals surface area (Å²) in [5, 5.41) is 19.0. The quantitative estimate of drug-likeness (QED) is 0.362. The standard InChI is InChI=1S/C17H29N5O3/c1-11(2)14(16(24)21-10-18)22-17(25)15(20-9-13(23)19-3)12-7-5-4-6-8-12/h11-12,14-15,20H,4-9H2,1-3H3,(H,19,23)(H,21,24)(H,22,25). The number of nitrogens with zero attached hydrogens (tertiary/aromatic N) is 1. The number of likely N-dealkylation sites (N-methyl/N-ethyl adjacent to an activating group) is 1. The summed E-state index contributed by atoms with van der Waals surface area (Å²) in [5.74, 6) is -1.06. The Morgan fingerprint density at radius 2 is 1.76 bits per heavy atom. The van der Waals surface area contributed by atoms with Gasteiger partial charge in [0.1, 0.15) is 6.04 Å². The van der Waals surface area contributed by atoms with Gasteiger partial charge in [-0.15, -0.1) is 0 Å². The van der Waals surface area contributed by atoms with Crippen LogP contribution in [0, 0.1) is 23.3 Å². The van der Waals surface area contributed by atoms with Gasteiger partial charge < -0.3 is 10.6 Å². The van der Waals surface area contributed by atoms with Crippen molar-refractivity contribution in [1.82, 2.24) is 21.3 Å². The molecule has 0 aromatic heterocycles. The number of nitriles is 1. The molecule has 0 spiro atoms. The summed E-state index contributed by atoms with van der Waals surface area (Å²) in [5.41, 5.74) is 0. The molecule has 1 aliphatic rings. The number of nitrogens with one attached hydrogen (secondary N) is 4. The SMILES string of the molecule is CNC(=O)CNC(C(=O)NC(C(=O)NC#N)C(C)C)C1CCCCC1. The highest BCUT2D eigenvalue weighted by molar-refractivity contribution is 5.91. The lowest BCUT2D eigenvalue weighted by Crippen LogP contribution is -2.57. The zero-order chi connectivity index (χ0) is 18.8. The molecule has 0 aliphatic heterocycles. The number of amides is 3. The predicted molar refractivity (Wildman–Crippen MR) is 93.0 cm³/mol. The van der Waals surface area contributed by atoms with Gasteiger partial charge in [0.05, 0.1) is 12.6 Å². The molecule has 1 fully saturated rings. The molecule has 1 aliphatic carbocycles. The first-order valence-corrected chi connectivity index (χ1v) is 8.84. The maximum absolute atomic E-state index is 12.8. The number of carbonyl (C=O) groups is 3. The van der Waals surface area contributed by atoms with Crippen LogP contribution in [0.1, 0.15) is 46.0 Å². The van der Waals surface area contributed by atoms with Gasteiger partial charge in [-0.05, 0) is 24.7 Å². The number of carbonyl (C=O) groups excluding carboxylic acids is 3. The van der Waals surface area contributed by atoms with Crippen molar-refractivity contribution in [2.24, 2.45) is 11.8 Å². The Kier molecular flexibility index (Phi) is 8.92. The van der Waals surface area contributed by atoms with Crippen LogP contribution in [0.15, 0.2) is 0 Å². The molecule has 1 rings (SSSR count). The summed E-state index contributed by atoms with van der Waals surface area (Å²) in [4.78, 5) is 36.3. The second kappa shape index (κ2) is 10.7. The maximum atomic E-state index is 12.8. The molecule has 25 heavy (non-hydrogen) atoms. The molecule has 2 atom stereocenters. The van der Waals surface area contributed by atoms with E-state index in [9.17, 15) is 14.4 Å². The molecule has 4 N–H and O–H groups in total. The summed E-state index contributed by atoms with van der Waals surface area (Å²) in [6.45, 7) is 3.65. The van der Waals surface area contributed by atoms with Crippen LogP contribution in [0.3, 0.4) is 0 Å². The minimum atomic E-state index is -0.792. The molecule has 8 heteroatoms. The van der Waals surface area contributed by atoms with Crippen LogP contribution in [-0.4, -0.2) is 43.4 Å². The Balaban J connectivity index is 2.83. The van der Waals surface area contributed by atoms with Crippen LogP contribution in [0.5, 0.6) is 0 Å². The number of hydrogen-bond donors (Lipinski definition) is 4. The van der Waals surface area contributed by atoms with Gasteiger partial charge in [0.25, 0.3) is 5.91 Å². The molecular formula is C17H29N5O3. The zero-order valence-corrected chi connectivity index (χ0v) is 15.2. The van der Waals surface area contributed by atoms with Crippen LogP contribution in [0.2, 0.25) is 0 Å². The fraction of sp³-hybridized carbons (Fsp3) is 0.765. The first-order chi connectivity index (χ1) is 11.9. The van der Waals surface area contributed by atoms with Gasteiger partial charge in [-0.25, -0.2) is 0 Å². The molecule has 0 saturated heterocycles. The van der Waals surface area contributed by atoms with Crippen LogP contribution in [0.25, 0.3) is 0 Å². The fourth-order valence-electron chi connectivity index (χ4n) is 3.14. The fourth-order valence-corrected chi connectivity index (χ4v) is 3.14. The minimum Gasteiger partial charge on any atom is -0.358 e. The van der Waals surface area contributed by atoms with Gasteiger partial charge in [-0.3, -0.25) is 25.0 Å². The molecule has 2 unspecified atom stereocenters. The first-order valence-electron chi connectivity index (χ1n) is 8.84. The smallest absolute Gasteiger partial charge is 0.255 e. The molecule has 0 bridgehead atoms.